The number of benzene rings is 1. The van der Waals surface area contributed by atoms with Crippen molar-refractivity contribution in [2.24, 2.45) is 10.9 Å². The highest BCUT2D eigenvalue weighted by atomic mass is 127. The lowest BCUT2D eigenvalue weighted by molar-refractivity contribution is 0.133. The summed E-state index contributed by atoms with van der Waals surface area (Å²) < 4.78 is 5.54. The van der Waals surface area contributed by atoms with Crippen LogP contribution in [0.3, 0.4) is 0 Å². The normalized spacial score (nSPS) is 12.7. The first-order valence-corrected chi connectivity index (χ1v) is 8.68. The van der Waals surface area contributed by atoms with E-state index in [-0.39, 0.29) is 24.0 Å². The third-order valence-electron chi connectivity index (χ3n) is 3.81. The molecule has 0 aliphatic heterocycles. The zero-order chi connectivity index (χ0) is 17.1. The number of hydrogen-bond acceptors (Lipinski definition) is 2. The van der Waals surface area contributed by atoms with E-state index in [1.54, 1.807) is 0 Å². The van der Waals surface area contributed by atoms with E-state index in [0.29, 0.717) is 12.6 Å². The number of ether oxygens (including phenoxy) is 1. The molecule has 2 N–H and O–H groups in total. The summed E-state index contributed by atoms with van der Waals surface area (Å²) in [6.45, 7) is 10.9. The maximum absolute atomic E-state index is 5.54. The van der Waals surface area contributed by atoms with Gasteiger partial charge in [0.05, 0.1) is 6.61 Å². The highest BCUT2D eigenvalue weighted by molar-refractivity contribution is 14.0. The van der Waals surface area contributed by atoms with Crippen LogP contribution in [-0.2, 0) is 17.9 Å². The van der Waals surface area contributed by atoms with Crippen molar-refractivity contribution >= 4 is 29.9 Å². The Morgan fingerprint density at radius 2 is 1.79 bits per heavy atom. The number of hydrogen-bond donors (Lipinski definition) is 2. The maximum Gasteiger partial charge on any atom is 0.191 e. The van der Waals surface area contributed by atoms with Gasteiger partial charge in [0.25, 0.3) is 0 Å². The predicted octanol–water partition coefficient (Wildman–Crippen LogP) is 4.33. The Morgan fingerprint density at radius 3 is 2.38 bits per heavy atom. The first kappa shape index (κ1) is 23.2. The van der Waals surface area contributed by atoms with Crippen molar-refractivity contribution in [2.45, 2.75) is 59.7 Å². The molecule has 4 nitrogen and oxygen atoms in total. The van der Waals surface area contributed by atoms with Crippen molar-refractivity contribution in [2.75, 3.05) is 13.7 Å². The summed E-state index contributed by atoms with van der Waals surface area (Å²) in [4.78, 5) is 4.33. The smallest absolute Gasteiger partial charge is 0.191 e. The minimum Gasteiger partial charge on any atom is -0.377 e. The summed E-state index contributed by atoms with van der Waals surface area (Å²) >= 11 is 0. The van der Waals surface area contributed by atoms with Gasteiger partial charge in [-0.15, -0.1) is 24.0 Å². The van der Waals surface area contributed by atoms with Crippen LogP contribution in [0, 0.1) is 5.92 Å². The van der Waals surface area contributed by atoms with Gasteiger partial charge in [0.1, 0.15) is 0 Å². The van der Waals surface area contributed by atoms with Gasteiger partial charge < -0.3 is 15.4 Å². The molecule has 0 aromatic heterocycles. The molecule has 0 spiro atoms. The third-order valence-corrected chi connectivity index (χ3v) is 3.81. The Bertz CT molecular complexity index is 477. The van der Waals surface area contributed by atoms with Gasteiger partial charge in [-0.3, -0.25) is 4.99 Å². The number of rotatable bonds is 9. The average molecular weight is 447 g/mol. The molecule has 138 valence electrons. The van der Waals surface area contributed by atoms with Gasteiger partial charge in [-0.05, 0) is 43.7 Å². The molecule has 1 aromatic carbocycles. The minimum atomic E-state index is 0. The summed E-state index contributed by atoms with van der Waals surface area (Å²) in [5.41, 5.74) is 2.48. The highest BCUT2D eigenvalue weighted by Gasteiger charge is 2.07. The Morgan fingerprint density at radius 1 is 1.12 bits per heavy atom. The topological polar surface area (TPSA) is 45.6 Å². The highest BCUT2D eigenvalue weighted by Crippen LogP contribution is 2.10. The Balaban J connectivity index is 0.00000529. The van der Waals surface area contributed by atoms with E-state index in [1.165, 1.54) is 17.5 Å². The van der Waals surface area contributed by atoms with E-state index in [4.69, 9.17) is 4.74 Å². The van der Waals surface area contributed by atoms with Crippen LogP contribution in [0.15, 0.2) is 29.3 Å². The number of aliphatic imine (C=N–C) groups is 1. The predicted molar refractivity (Wildman–Crippen MR) is 114 cm³/mol. The second-order valence-electron chi connectivity index (χ2n) is 6.35. The molecule has 0 saturated heterocycles. The van der Waals surface area contributed by atoms with Crippen LogP contribution in [0.1, 0.15) is 51.7 Å². The first-order valence-electron chi connectivity index (χ1n) is 8.68. The molecule has 0 radical (unpaired) electrons. The molecule has 1 unspecified atom stereocenters. The van der Waals surface area contributed by atoms with Crippen molar-refractivity contribution < 1.29 is 4.74 Å². The van der Waals surface area contributed by atoms with E-state index in [2.05, 4.69) is 60.7 Å². The molecular formula is C19H34IN3O. The number of guanidine groups is 1. The molecular weight excluding hydrogens is 413 g/mol. The van der Waals surface area contributed by atoms with E-state index >= 15 is 0 Å². The summed E-state index contributed by atoms with van der Waals surface area (Å²) in [7, 11) is 1.82. The Kier molecular flexibility index (Phi) is 13.0. The van der Waals surface area contributed by atoms with Crippen LogP contribution in [-0.4, -0.2) is 25.7 Å². The summed E-state index contributed by atoms with van der Waals surface area (Å²) in [5, 5.41) is 6.87. The Labute approximate surface area is 164 Å². The number of nitrogens with one attached hydrogen (secondary N) is 2. The molecule has 0 aliphatic carbocycles. The molecule has 0 saturated carbocycles. The molecule has 0 fully saturated rings. The van der Waals surface area contributed by atoms with Gasteiger partial charge in [-0.25, -0.2) is 0 Å². The second kappa shape index (κ2) is 13.5. The van der Waals surface area contributed by atoms with E-state index in [9.17, 15) is 0 Å². The summed E-state index contributed by atoms with van der Waals surface area (Å²) in [6, 6.07) is 8.79. The van der Waals surface area contributed by atoms with Crippen LogP contribution in [0.2, 0.25) is 0 Å². The van der Waals surface area contributed by atoms with Crippen molar-refractivity contribution in [1.82, 2.24) is 10.6 Å². The standard InChI is InChI=1S/C19H33N3O.HI/c1-6-23-14-18-10-8-7-9-17(18)13-21-19(20-5)22-16(4)12-11-15(2)3;/h7-10,15-16H,6,11-14H2,1-5H3,(H2,20,21,22);1H. The molecule has 0 aliphatic rings. The van der Waals surface area contributed by atoms with Crippen molar-refractivity contribution in [3.63, 3.8) is 0 Å². The summed E-state index contributed by atoms with van der Waals surface area (Å²) in [6.07, 6.45) is 2.38. The van der Waals surface area contributed by atoms with Gasteiger partial charge in [0.15, 0.2) is 5.96 Å². The molecule has 24 heavy (non-hydrogen) atoms. The fourth-order valence-electron chi connectivity index (χ4n) is 2.35. The zero-order valence-electron chi connectivity index (χ0n) is 15.8. The van der Waals surface area contributed by atoms with Crippen LogP contribution in [0.4, 0.5) is 0 Å². The SMILES string of the molecule is CCOCc1ccccc1CNC(=NC)NC(C)CCC(C)C.I. The van der Waals surface area contributed by atoms with Crippen molar-refractivity contribution in [1.29, 1.82) is 0 Å². The quantitative estimate of drug-likeness (QED) is 0.337. The van der Waals surface area contributed by atoms with Gasteiger partial charge >= 0.3 is 0 Å². The van der Waals surface area contributed by atoms with E-state index < -0.39 is 0 Å². The van der Waals surface area contributed by atoms with Gasteiger partial charge in [-0.1, -0.05) is 38.1 Å². The molecule has 1 aromatic rings. The largest absolute Gasteiger partial charge is 0.377 e. The molecule has 0 bridgehead atoms. The monoisotopic (exact) mass is 447 g/mol. The van der Waals surface area contributed by atoms with Crippen LogP contribution >= 0.6 is 24.0 Å². The molecule has 5 heteroatoms. The van der Waals surface area contributed by atoms with E-state index in [0.717, 1.165) is 31.4 Å². The van der Waals surface area contributed by atoms with Gasteiger partial charge in [0.2, 0.25) is 0 Å². The van der Waals surface area contributed by atoms with Crippen LogP contribution in [0.5, 0.6) is 0 Å². The zero-order valence-corrected chi connectivity index (χ0v) is 18.1. The molecule has 1 atom stereocenters. The van der Waals surface area contributed by atoms with Crippen LogP contribution in [0.25, 0.3) is 0 Å². The van der Waals surface area contributed by atoms with Gasteiger partial charge in [0, 0.05) is 26.2 Å². The lowest BCUT2D eigenvalue weighted by atomic mass is 10.0. The second-order valence-corrected chi connectivity index (χ2v) is 6.35. The molecule has 1 rings (SSSR count). The molecule has 0 heterocycles. The van der Waals surface area contributed by atoms with Crippen molar-refractivity contribution in [3.05, 3.63) is 35.4 Å². The van der Waals surface area contributed by atoms with Crippen LogP contribution < -0.4 is 10.6 Å². The van der Waals surface area contributed by atoms with E-state index in [1.807, 2.05) is 14.0 Å². The Hall–Kier alpha value is -0.820. The third kappa shape index (κ3) is 9.47. The van der Waals surface area contributed by atoms with Gasteiger partial charge in [-0.2, -0.15) is 0 Å². The maximum atomic E-state index is 5.54. The number of halogens is 1. The summed E-state index contributed by atoms with van der Waals surface area (Å²) in [5.74, 6) is 1.59. The molecule has 0 amide bonds. The van der Waals surface area contributed by atoms with Crippen molar-refractivity contribution in [3.8, 4) is 0 Å². The fraction of sp³-hybridized carbons (Fsp3) is 0.632. The minimum absolute atomic E-state index is 0. The lowest BCUT2D eigenvalue weighted by Gasteiger charge is -2.19. The fourth-order valence-corrected chi connectivity index (χ4v) is 2.35. The number of nitrogens with zero attached hydrogens (tertiary/aromatic N) is 1. The average Bonchev–Trinajstić information content (AvgIpc) is 2.55. The lowest BCUT2D eigenvalue weighted by Crippen LogP contribution is -2.42. The first-order chi connectivity index (χ1) is 11.1.